The predicted octanol–water partition coefficient (Wildman–Crippen LogP) is 3.90. The first-order valence-electron chi connectivity index (χ1n) is 13.0. The van der Waals surface area contributed by atoms with Crippen molar-refractivity contribution >= 4 is 17.7 Å². The van der Waals surface area contributed by atoms with Crippen molar-refractivity contribution in [2.24, 2.45) is 5.73 Å². The highest BCUT2D eigenvalue weighted by atomic mass is 16.2. The van der Waals surface area contributed by atoms with Crippen molar-refractivity contribution in [1.82, 2.24) is 10.6 Å². The first-order chi connectivity index (χ1) is 18.0. The molecule has 0 aromatic heterocycles. The third-order valence-corrected chi connectivity index (χ3v) is 6.21. The minimum absolute atomic E-state index is 0.155. The summed E-state index contributed by atoms with van der Waals surface area (Å²) in [4.78, 5) is 36.5. The highest BCUT2D eigenvalue weighted by molar-refractivity contribution is 5.96. The Morgan fingerprint density at radius 2 is 1.19 bits per heavy atom. The van der Waals surface area contributed by atoms with E-state index in [1.165, 1.54) is 11.1 Å². The lowest BCUT2D eigenvalue weighted by Crippen LogP contribution is -2.42. The molecule has 3 aromatic carbocycles. The zero-order valence-corrected chi connectivity index (χ0v) is 21.3. The summed E-state index contributed by atoms with van der Waals surface area (Å²) in [5.74, 6) is -0.919. The fraction of sp³-hybridized carbons (Fsp3) is 0.323. The number of nitrogens with two attached hydrogens (primary N) is 1. The number of nitrogens with one attached hydrogen (secondary N) is 2. The summed E-state index contributed by atoms with van der Waals surface area (Å²) in [6.45, 7) is 0.329. The third kappa shape index (κ3) is 10.8. The molecule has 0 aliphatic heterocycles. The molecule has 3 aromatic rings. The van der Waals surface area contributed by atoms with Gasteiger partial charge in [0.1, 0.15) is 0 Å². The van der Waals surface area contributed by atoms with Crippen molar-refractivity contribution in [2.75, 3.05) is 6.54 Å². The summed E-state index contributed by atoms with van der Waals surface area (Å²) in [5.41, 5.74) is 10.4. The van der Waals surface area contributed by atoms with Gasteiger partial charge in [-0.15, -0.1) is 0 Å². The Morgan fingerprint density at radius 3 is 1.81 bits per heavy atom. The molecule has 0 aliphatic rings. The van der Waals surface area contributed by atoms with E-state index in [0.29, 0.717) is 19.4 Å². The van der Waals surface area contributed by atoms with Crippen LogP contribution in [0.5, 0.6) is 0 Å². The second-order valence-corrected chi connectivity index (χ2v) is 9.35. The number of benzene rings is 3. The topological polar surface area (TPSA) is 101 Å². The molecule has 0 heterocycles. The number of rotatable bonds is 14. The molecule has 0 saturated carbocycles. The monoisotopic (exact) mass is 499 g/mol. The molecule has 0 spiro atoms. The van der Waals surface area contributed by atoms with Gasteiger partial charge in [-0.2, -0.15) is 0 Å². The lowest BCUT2D eigenvalue weighted by atomic mass is 10.0. The fourth-order valence-corrected chi connectivity index (χ4v) is 4.13. The van der Waals surface area contributed by atoms with E-state index < -0.39 is 6.04 Å². The maximum absolute atomic E-state index is 12.2. The first kappa shape index (κ1) is 27.8. The summed E-state index contributed by atoms with van der Waals surface area (Å²) in [6.07, 6.45) is 5.54. The van der Waals surface area contributed by atoms with E-state index in [4.69, 9.17) is 5.73 Å². The molecule has 194 valence electrons. The number of hydrogen-bond donors (Lipinski definition) is 3. The van der Waals surface area contributed by atoms with Gasteiger partial charge in [-0.3, -0.25) is 19.7 Å². The molecule has 0 aliphatic carbocycles. The second-order valence-electron chi connectivity index (χ2n) is 9.35. The van der Waals surface area contributed by atoms with Crippen LogP contribution in [0.2, 0.25) is 0 Å². The van der Waals surface area contributed by atoms with Gasteiger partial charge in [-0.1, -0.05) is 84.9 Å². The highest BCUT2D eigenvalue weighted by Gasteiger charge is 2.14. The molecular weight excluding hydrogens is 462 g/mol. The van der Waals surface area contributed by atoms with Crippen LogP contribution in [0.25, 0.3) is 0 Å². The predicted molar refractivity (Wildman–Crippen MR) is 147 cm³/mol. The first-order valence-corrected chi connectivity index (χ1v) is 13.0. The number of imide groups is 1. The summed E-state index contributed by atoms with van der Waals surface area (Å²) in [7, 11) is 0. The van der Waals surface area contributed by atoms with E-state index in [9.17, 15) is 14.4 Å². The van der Waals surface area contributed by atoms with Crippen LogP contribution < -0.4 is 16.4 Å². The molecule has 6 heteroatoms. The minimum atomic E-state index is -0.640. The van der Waals surface area contributed by atoms with Gasteiger partial charge in [0.25, 0.3) is 0 Å². The van der Waals surface area contributed by atoms with Crippen LogP contribution in [-0.2, 0) is 40.1 Å². The van der Waals surface area contributed by atoms with Crippen molar-refractivity contribution in [2.45, 2.75) is 57.4 Å². The standard InChI is InChI=1S/C31H37N3O3/c32-28(22-26-14-5-2-6-15-26)31(37)33-21-9-16-29(35)34-30(36)23-27-19-17-25(18-20-27)13-8-7-12-24-10-3-1-4-11-24/h1-6,10-11,14-15,17-20,28H,7-9,12-13,16,21-23,32H2,(H,33,37)(H,34,35,36)/t28-/m0/s1. The minimum Gasteiger partial charge on any atom is -0.355 e. The van der Waals surface area contributed by atoms with Crippen molar-refractivity contribution in [3.05, 3.63) is 107 Å². The smallest absolute Gasteiger partial charge is 0.237 e. The molecule has 0 radical (unpaired) electrons. The van der Waals surface area contributed by atoms with E-state index in [2.05, 4.69) is 47.0 Å². The molecule has 0 unspecified atom stereocenters. The fourth-order valence-electron chi connectivity index (χ4n) is 4.13. The molecule has 0 bridgehead atoms. The van der Waals surface area contributed by atoms with Crippen LogP contribution in [0.4, 0.5) is 0 Å². The van der Waals surface area contributed by atoms with Gasteiger partial charge < -0.3 is 11.1 Å². The number of amides is 3. The van der Waals surface area contributed by atoms with Crippen LogP contribution in [0.15, 0.2) is 84.9 Å². The van der Waals surface area contributed by atoms with E-state index in [1.807, 2.05) is 48.5 Å². The second kappa shape index (κ2) is 15.4. The van der Waals surface area contributed by atoms with Crippen LogP contribution in [0, 0.1) is 0 Å². The van der Waals surface area contributed by atoms with E-state index >= 15 is 0 Å². The summed E-state index contributed by atoms with van der Waals surface area (Å²) >= 11 is 0. The summed E-state index contributed by atoms with van der Waals surface area (Å²) in [6, 6.07) is 27.4. The van der Waals surface area contributed by atoms with Crippen LogP contribution in [-0.4, -0.2) is 30.3 Å². The Bertz CT molecular complexity index is 1120. The molecule has 3 amide bonds. The lowest BCUT2D eigenvalue weighted by molar-refractivity contribution is -0.130. The van der Waals surface area contributed by atoms with Gasteiger partial charge in [0, 0.05) is 13.0 Å². The van der Waals surface area contributed by atoms with Crippen molar-refractivity contribution < 1.29 is 14.4 Å². The van der Waals surface area contributed by atoms with Crippen LogP contribution in [0.1, 0.15) is 47.9 Å². The zero-order chi connectivity index (χ0) is 26.3. The Labute approximate surface area is 219 Å². The Kier molecular flexibility index (Phi) is 11.5. The third-order valence-electron chi connectivity index (χ3n) is 6.21. The van der Waals surface area contributed by atoms with Crippen molar-refractivity contribution in [3.8, 4) is 0 Å². The number of unbranched alkanes of at least 4 members (excludes halogenated alkanes) is 1. The zero-order valence-electron chi connectivity index (χ0n) is 21.3. The Hall–Kier alpha value is -3.77. The molecule has 4 N–H and O–H groups in total. The number of hydrogen-bond acceptors (Lipinski definition) is 4. The number of carbonyl (C=O) groups excluding carboxylic acids is 3. The van der Waals surface area contributed by atoms with E-state index in [0.717, 1.165) is 36.8 Å². The maximum atomic E-state index is 12.2. The van der Waals surface area contributed by atoms with Gasteiger partial charge in [0.2, 0.25) is 17.7 Å². The SMILES string of the molecule is N[C@@H](Cc1ccccc1)C(=O)NCCCC(=O)NC(=O)Cc1ccc(CCCCc2ccccc2)cc1. The Morgan fingerprint density at radius 1 is 0.649 bits per heavy atom. The quantitative estimate of drug-likeness (QED) is 0.293. The normalized spacial score (nSPS) is 11.5. The summed E-state index contributed by atoms with van der Waals surface area (Å²) < 4.78 is 0. The molecule has 0 saturated heterocycles. The van der Waals surface area contributed by atoms with Crippen molar-refractivity contribution in [1.29, 1.82) is 0 Å². The summed E-state index contributed by atoms with van der Waals surface area (Å²) in [5, 5.41) is 5.18. The van der Waals surface area contributed by atoms with E-state index in [-0.39, 0.29) is 30.6 Å². The molecule has 0 fully saturated rings. The number of carbonyl (C=O) groups is 3. The van der Waals surface area contributed by atoms with Gasteiger partial charge >= 0.3 is 0 Å². The molecule has 37 heavy (non-hydrogen) atoms. The van der Waals surface area contributed by atoms with Gasteiger partial charge in [-0.25, -0.2) is 0 Å². The molecule has 6 nitrogen and oxygen atoms in total. The average Bonchev–Trinajstić information content (AvgIpc) is 2.91. The van der Waals surface area contributed by atoms with Crippen LogP contribution in [0.3, 0.4) is 0 Å². The highest BCUT2D eigenvalue weighted by Crippen LogP contribution is 2.11. The number of aryl methyl sites for hydroxylation is 2. The van der Waals surface area contributed by atoms with Crippen LogP contribution >= 0.6 is 0 Å². The van der Waals surface area contributed by atoms with Gasteiger partial charge in [0.05, 0.1) is 12.5 Å². The van der Waals surface area contributed by atoms with E-state index in [1.54, 1.807) is 0 Å². The lowest BCUT2D eigenvalue weighted by Gasteiger charge is -2.12. The Balaban J connectivity index is 1.26. The molecular formula is C31H37N3O3. The maximum Gasteiger partial charge on any atom is 0.237 e. The molecule has 1 atom stereocenters. The van der Waals surface area contributed by atoms with Gasteiger partial charge in [0.15, 0.2) is 0 Å². The van der Waals surface area contributed by atoms with Crippen molar-refractivity contribution in [3.63, 3.8) is 0 Å². The largest absolute Gasteiger partial charge is 0.355 e. The van der Waals surface area contributed by atoms with Gasteiger partial charge in [-0.05, 0) is 60.8 Å². The molecule has 3 rings (SSSR count). The average molecular weight is 500 g/mol.